The molecule has 1 unspecified atom stereocenters. The molecule has 0 saturated carbocycles. The highest BCUT2D eigenvalue weighted by Gasteiger charge is 2.33. The molecule has 0 aliphatic carbocycles. The minimum absolute atomic E-state index is 0.138. The zero-order chi connectivity index (χ0) is 14.2. The molecule has 0 spiro atoms. The third kappa shape index (κ3) is 2.80. The summed E-state index contributed by atoms with van der Waals surface area (Å²) < 4.78 is 35.2. The fourth-order valence-corrected chi connectivity index (χ4v) is 3.65. The molecule has 0 bridgehead atoms. The molecular formula is C9H8BrNO7S. The van der Waals surface area contributed by atoms with Crippen LogP contribution in [-0.2, 0) is 19.6 Å². The quantitative estimate of drug-likeness (QED) is 0.747. The molecule has 0 amide bonds. The molecule has 1 fully saturated rings. The number of carboxylic acid groups (broad SMARTS) is 1. The molecule has 19 heavy (non-hydrogen) atoms. The minimum atomic E-state index is -4.07. The number of nitrogens with one attached hydrogen (secondary N) is 1. The van der Waals surface area contributed by atoms with Crippen molar-refractivity contribution in [3.05, 3.63) is 16.5 Å². The zero-order valence-corrected chi connectivity index (χ0v) is 11.7. The summed E-state index contributed by atoms with van der Waals surface area (Å²) in [5.74, 6) is -2.59. The average molecular weight is 354 g/mol. The van der Waals surface area contributed by atoms with Gasteiger partial charge in [-0.15, -0.1) is 0 Å². The van der Waals surface area contributed by atoms with E-state index >= 15 is 0 Å². The molecule has 1 aliphatic rings. The van der Waals surface area contributed by atoms with E-state index in [1.165, 1.54) is 0 Å². The van der Waals surface area contributed by atoms with Crippen molar-refractivity contribution < 1.29 is 32.3 Å². The highest BCUT2D eigenvalue weighted by molar-refractivity contribution is 9.10. The van der Waals surface area contributed by atoms with Crippen LogP contribution >= 0.6 is 15.9 Å². The standard InChI is InChI=1S/C9H8BrNO7S/c10-7-6(3-5(18-7)8(12)13)19(15,16)11-4-1-2-17-9(4)14/h3-4,11H,1-2H2,(H,12,13). The Hall–Kier alpha value is -1.39. The van der Waals surface area contributed by atoms with Gasteiger partial charge in [0.2, 0.25) is 15.8 Å². The van der Waals surface area contributed by atoms with Gasteiger partial charge in [0, 0.05) is 12.5 Å². The molecule has 1 aromatic rings. The van der Waals surface area contributed by atoms with Crippen molar-refractivity contribution in [2.75, 3.05) is 6.61 Å². The maximum absolute atomic E-state index is 12.0. The van der Waals surface area contributed by atoms with Crippen LogP contribution in [0.1, 0.15) is 17.0 Å². The Balaban J connectivity index is 2.29. The van der Waals surface area contributed by atoms with Crippen molar-refractivity contribution in [3.8, 4) is 0 Å². The van der Waals surface area contributed by atoms with E-state index in [1.54, 1.807) is 0 Å². The number of furan rings is 1. The van der Waals surface area contributed by atoms with Crippen molar-refractivity contribution in [1.82, 2.24) is 4.72 Å². The van der Waals surface area contributed by atoms with Crippen molar-refractivity contribution >= 4 is 37.9 Å². The SMILES string of the molecule is O=C(O)c1cc(S(=O)(=O)NC2CCOC2=O)c(Br)o1. The highest BCUT2D eigenvalue weighted by atomic mass is 79.9. The predicted molar refractivity (Wildman–Crippen MR) is 63.1 cm³/mol. The maximum atomic E-state index is 12.0. The number of ether oxygens (including phenoxy) is 1. The van der Waals surface area contributed by atoms with E-state index in [4.69, 9.17) is 9.52 Å². The molecule has 2 heterocycles. The van der Waals surface area contributed by atoms with Gasteiger partial charge in [0.25, 0.3) is 0 Å². The molecule has 2 N–H and O–H groups in total. The van der Waals surface area contributed by atoms with Crippen LogP contribution in [0.5, 0.6) is 0 Å². The lowest BCUT2D eigenvalue weighted by molar-refractivity contribution is -0.139. The molecule has 1 saturated heterocycles. The van der Waals surface area contributed by atoms with Crippen LogP contribution in [0.2, 0.25) is 0 Å². The summed E-state index contributed by atoms with van der Waals surface area (Å²) in [6.45, 7) is 0.138. The van der Waals surface area contributed by atoms with Gasteiger partial charge in [0.05, 0.1) is 6.61 Å². The second-order valence-electron chi connectivity index (χ2n) is 3.68. The second-order valence-corrected chi connectivity index (χ2v) is 6.09. The number of hydrogen-bond donors (Lipinski definition) is 2. The highest BCUT2D eigenvalue weighted by Crippen LogP contribution is 2.26. The number of halogens is 1. The summed E-state index contributed by atoms with van der Waals surface area (Å²) in [4.78, 5) is 21.5. The lowest BCUT2D eigenvalue weighted by atomic mass is 10.3. The molecule has 8 nitrogen and oxygen atoms in total. The van der Waals surface area contributed by atoms with Crippen LogP contribution in [0.15, 0.2) is 20.0 Å². The molecule has 104 valence electrons. The summed E-state index contributed by atoms with van der Waals surface area (Å²) in [5, 5.41) is 8.71. The number of sulfonamides is 1. The van der Waals surface area contributed by atoms with Crippen molar-refractivity contribution in [3.63, 3.8) is 0 Å². The van der Waals surface area contributed by atoms with E-state index in [9.17, 15) is 18.0 Å². The van der Waals surface area contributed by atoms with Crippen LogP contribution in [0.4, 0.5) is 0 Å². The van der Waals surface area contributed by atoms with Crippen molar-refractivity contribution in [2.24, 2.45) is 0 Å². The third-order valence-electron chi connectivity index (χ3n) is 2.39. The van der Waals surface area contributed by atoms with Gasteiger partial charge in [0.15, 0.2) is 4.67 Å². The van der Waals surface area contributed by atoms with E-state index in [2.05, 4.69) is 25.4 Å². The molecule has 1 aromatic heterocycles. The molecular weight excluding hydrogens is 346 g/mol. The van der Waals surface area contributed by atoms with E-state index in [1.807, 2.05) is 0 Å². The van der Waals surface area contributed by atoms with Crippen LogP contribution in [0, 0.1) is 0 Å². The Morgan fingerprint density at radius 3 is 2.68 bits per heavy atom. The number of carbonyl (C=O) groups excluding carboxylic acids is 1. The number of hydrogen-bond acceptors (Lipinski definition) is 6. The molecule has 2 rings (SSSR count). The fraction of sp³-hybridized carbons (Fsp3) is 0.333. The van der Waals surface area contributed by atoms with Gasteiger partial charge in [-0.25, -0.2) is 13.2 Å². The first-order valence-electron chi connectivity index (χ1n) is 5.03. The van der Waals surface area contributed by atoms with Gasteiger partial charge in [-0.3, -0.25) is 4.79 Å². The number of esters is 1. The van der Waals surface area contributed by atoms with Gasteiger partial charge < -0.3 is 14.3 Å². The molecule has 0 aromatic carbocycles. The van der Waals surface area contributed by atoms with Gasteiger partial charge in [-0.2, -0.15) is 4.72 Å². The van der Waals surface area contributed by atoms with Gasteiger partial charge >= 0.3 is 11.9 Å². The first-order chi connectivity index (χ1) is 8.81. The predicted octanol–water partition coefficient (Wildman–Crippen LogP) is 0.334. The fourth-order valence-electron chi connectivity index (χ4n) is 1.49. The summed E-state index contributed by atoms with van der Waals surface area (Å²) in [6.07, 6.45) is 0.222. The zero-order valence-electron chi connectivity index (χ0n) is 9.25. The Morgan fingerprint density at radius 2 is 2.21 bits per heavy atom. The topological polar surface area (TPSA) is 123 Å². The Labute approximate surface area is 115 Å². The smallest absolute Gasteiger partial charge is 0.371 e. The Kier molecular flexibility index (Phi) is 3.65. The Bertz CT molecular complexity index is 635. The van der Waals surface area contributed by atoms with E-state index in [-0.39, 0.29) is 22.6 Å². The van der Waals surface area contributed by atoms with E-state index in [0.717, 1.165) is 6.07 Å². The lowest BCUT2D eigenvalue weighted by Gasteiger charge is -2.08. The average Bonchev–Trinajstić information content (AvgIpc) is 2.86. The number of cyclic esters (lactones) is 1. The number of carbonyl (C=O) groups is 2. The number of rotatable bonds is 4. The summed E-state index contributed by atoms with van der Waals surface area (Å²) in [6, 6.07) is -0.116. The van der Waals surface area contributed by atoms with Crippen molar-refractivity contribution in [1.29, 1.82) is 0 Å². The number of carboxylic acids is 1. The number of aromatic carboxylic acids is 1. The first kappa shape index (κ1) is 14.0. The van der Waals surface area contributed by atoms with Crippen LogP contribution in [-0.4, -0.2) is 38.1 Å². The third-order valence-corrected chi connectivity index (χ3v) is 4.72. The van der Waals surface area contributed by atoms with E-state index in [0.29, 0.717) is 0 Å². The van der Waals surface area contributed by atoms with Crippen molar-refractivity contribution in [2.45, 2.75) is 17.4 Å². The summed E-state index contributed by atoms with van der Waals surface area (Å²) >= 11 is 2.82. The summed E-state index contributed by atoms with van der Waals surface area (Å²) in [7, 11) is -4.07. The second kappa shape index (κ2) is 4.94. The Morgan fingerprint density at radius 1 is 1.53 bits per heavy atom. The van der Waals surface area contributed by atoms with Gasteiger partial charge in [-0.1, -0.05) is 0 Å². The van der Waals surface area contributed by atoms with Gasteiger partial charge in [-0.05, 0) is 15.9 Å². The van der Waals surface area contributed by atoms with Crippen LogP contribution < -0.4 is 4.72 Å². The minimum Gasteiger partial charge on any atom is -0.475 e. The molecule has 1 aliphatic heterocycles. The maximum Gasteiger partial charge on any atom is 0.371 e. The van der Waals surface area contributed by atoms with Gasteiger partial charge in [0.1, 0.15) is 10.9 Å². The normalized spacial score (nSPS) is 19.4. The largest absolute Gasteiger partial charge is 0.475 e. The molecule has 1 atom stereocenters. The molecule has 10 heteroatoms. The van der Waals surface area contributed by atoms with Crippen LogP contribution in [0.3, 0.4) is 0 Å². The molecule has 0 radical (unpaired) electrons. The lowest BCUT2D eigenvalue weighted by Crippen LogP contribution is -2.37. The monoisotopic (exact) mass is 353 g/mol. The van der Waals surface area contributed by atoms with E-state index < -0.39 is 33.8 Å². The first-order valence-corrected chi connectivity index (χ1v) is 7.30. The summed E-state index contributed by atoms with van der Waals surface area (Å²) in [5.41, 5.74) is 0. The van der Waals surface area contributed by atoms with Crippen LogP contribution in [0.25, 0.3) is 0 Å².